The molecule has 1 heterocycles. The second kappa shape index (κ2) is 3.48. The minimum Gasteiger partial charge on any atom is -0.365 e. The van der Waals surface area contributed by atoms with Gasteiger partial charge in [0.15, 0.2) is 5.82 Å². The third kappa shape index (κ3) is 1.81. The summed E-state index contributed by atoms with van der Waals surface area (Å²) in [7, 11) is 0. The first-order valence-corrected chi connectivity index (χ1v) is 4.54. The molecule has 5 heteroatoms. The van der Waals surface area contributed by atoms with Gasteiger partial charge in [-0.15, -0.1) is 0 Å². The van der Waals surface area contributed by atoms with E-state index in [-0.39, 0.29) is 17.6 Å². The summed E-state index contributed by atoms with van der Waals surface area (Å²) in [6.07, 6.45) is 1.14. The van der Waals surface area contributed by atoms with Crippen LogP contribution >= 0.6 is 0 Å². The van der Waals surface area contributed by atoms with E-state index in [1.165, 1.54) is 12.4 Å². The van der Waals surface area contributed by atoms with Gasteiger partial charge in [-0.05, 0) is 12.3 Å². The van der Waals surface area contributed by atoms with Crippen molar-refractivity contribution in [3.8, 4) is 0 Å². The first-order chi connectivity index (χ1) is 6.68. The monoisotopic (exact) mass is 199 g/mol. The number of halogens is 2. The second-order valence-corrected chi connectivity index (χ2v) is 3.55. The fourth-order valence-corrected chi connectivity index (χ4v) is 1.32. The fourth-order valence-electron chi connectivity index (χ4n) is 1.32. The zero-order valence-corrected chi connectivity index (χ0v) is 7.74. The van der Waals surface area contributed by atoms with E-state index >= 15 is 0 Å². The molecular weight excluding hydrogens is 188 g/mol. The summed E-state index contributed by atoms with van der Waals surface area (Å²) in [5, 5.41) is 2.96. The van der Waals surface area contributed by atoms with Crippen molar-refractivity contribution < 1.29 is 8.78 Å². The van der Waals surface area contributed by atoms with Crippen LogP contribution in [0, 0.1) is 5.92 Å². The van der Waals surface area contributed by atoms with E-state index in [4.69, 9.17) is 0 Å². The van der Waals surface area contributed by atoms with Gasteiger partial charge in [-0.1, -0.05) is 6.92 Å². The molecule has 2 unspecified atom stereocenters. The molecule has 1 fully saturated rings. The number of aromatic nitrogens is 2. The first kappa shape index (κ1) is 9.30. The van der Waals surface area contributed by atoms with Crippen LogP contribution in [0.15, 0.2) is 12.4 Å². The van der Waals surface area contributed by atoms with E-state index in [9.17, 15) is 8.78 Å². The van der Waals surface area contributed by atoms with Crippen molar-refractivity contribution in [3.05, 3.63) is 18.1 Å². The fraction of sp³-hybridized carbons (Fsp3) is 0.556. The molecule has 1 N–H and O–H groups in total. The lowest BCUT2D eigenvalue weighted by molar-refractivity contribution is 0.146. The Morgan fingerprint density at radius 3 is 2.64 bits per heavy atom. The van der Waals surface area contributed by atoms with Crippen LogP contribution < -0.4 is 5.32 Å². The SMILES string of the molecule is CC1CC1Nc1nccnc1C(F)F. The van der Waals surface area contributed by atoms with Crippen molar-refractivity contribution in [2.45, 2.75) is 25.8 Å². The Kier molecular flexibility index (Phi) is 2.31. The molecule has 76 valence electrons. The lowest BCUT2D eigenvalue weighted by atomic mass is 10.4. The normalized spacial score (nSPS) is 25.1. The Labute approximate surface area is 80.6 Å². The summed E-state index contributed by atoms with van der Waals surface area (Å²) in [6, 6.07) is 0.282. The van der Waals surface area contributed by atoms with Crippen molar-refractivity contribution in [1.82, 2.24) is 9.97 Å². The van der Waals surface area contributed by atoms with Gasteiger partial charge in [0.1, 0.15) is 5.69 Å². The molecule has 0 aromatic carbocycles. The Bertz CT molecular complexity index is 330. The van der Waals surface area contributed by atoms with Crippen molar-refractivity contribution in [1.29, 1.82) is 0 Å². The Balaban J connectivity index is 2.15. The summed E-state index contributed by atoms with van der Waals surface area (Å²) < 4.78 is 24.9. The molecule has 1 aliphatic rings. The number of anilines is 1. The van der Waals surface area contributed by atoms with Crippen LogP contribution in [0.1, 0.15) is 25.5 Å². The van der Waals surface area contributed by atoms with Gasteiger partial charge in [-0.25, -0.2) is 18.7 Å². The maximum absolute atomic E-state index is 12.5. The summed E-state index contributed by atoms with van der Waals surface area (Å²) in [5.41, 5.74) is -0.258. The van der Waals surface area contributed by atoms with Gasteiger partial charge >= 0.3 is 0 Å². The molecule has 0 spiro atoms. The minimum atomic E-state index is -2.57. The lowest BCUT2D eigenvalue weighted by Gasteiger charge is -2.07. The maximum Gasteiger partial charge on any atom is 0.283 e. The average molecular weight is 199 g/mol. The van der Waals surface area contributed by atoms with Crippen LogP contribution in [0.5, 0.6) is 0 Å². The third-order valence-electron chi connectivity index (χ3n) is 2.36. The highest BCUT2D eigenvalue weighted by molar-refractivity contribution is 5.42. The van der Waals surface area contributed by atoms with Gasteiger partial charge in [0.25, 0.3) is 6.43 Å². The standard InChI is InChI=1S/C9H11F2N3/c1-5-4-6(5)14-9-7(8(10)11)12-2-3-13-9/h2-3,5-6,8H,4H2,1H3,(H,13,14). The molecule has 14 heavy (non-hydrogen) atoms. The van der Waals surface area contributed by atoms with Crippen LogP contribution in [0.3, 0.4) is 0 Å². The molecule has 0 radical (unpaired) electrons. The van der Waals surface area contributed by atoms with Crippen LogP contribution in [-0.2, 0) is 0 Å². The van der Waals surface area contributed by atoms with Crippen LogP contribution in [0.4, 0.5) is 14.6 Å². The number of alkyl halides is 2. The summed E-state index contributed by atoms with van der Waals surface area (Å²) in [5.74, 6) is 0.763. The smallest absolute Gasteiger partial charge is 0.283 e. The molecule has 0 saturated heterocycles. The highest BCUT2D eigenvalue weighted by atomic mass is 19.3. The van der Waals surface area contributed by atoms with Crippen molar-refractivity contribution >= 4 is 5.82 Å². The summed E-state index contributed by atoms with van der Waals surface area (Å²) in [4.78, 5) is 7.47. The molecule has 2 rings (SSSR count). The largest absolute Gasteiger partial charge is 0.365 e. The molecule has 0 amide bonds. The molecule has 1 aliphatic carbocycles. The third-order valence-corrected chi connectivity index (χ3v) is 2.36. The van der Waals surface area contributed by atoms with Crippen molar-refractivity contribution in [2.75, 3.05) is 5.32 Å². The van der Waals surface area contributed by atoms with E-state index in [0.717, 1.165) is 6.42 Å². The quantitative estimate of drug-likeness (QED) is 0.811. The van der Waals surface area contributed by atoms with Gasteiger partial charge in [0.2, 0.25) is 0 Å². The molecule has 3 nitrogen and oxygen atoms in total. The van der Waals surface area contributed by atoms with Gasteiger partial charge in [-0.3, -0.25) is 0 Å². The number of rotatable bonds is 3. The van der Waals surface area contributed by atoms with E-state index in [1.807, 2.05) is 0 Å². The molecule has 2 atom stereocenters. The van der Waals surface area contributed by atoms with Crippen LogP contribution in [0.25, 0.3) is 0 Å². The van der Waals surface area contributed by atoms with E-state index in [2.05, 4.69) is 22.2 Å². The molecule has 0 aliphatic heterocycles. The Morgan fingerprint density at radius 2 is 2.07 bits per heavy atom. The maximum atomic E-state index is 12.5. The number of nitrogens with zero attached hydrogens (tertiary/aromatic N) is 2. The zero-order chi connectivity index (χ0) is 10.1. The van der Waals surface area contributed by atoms with Gasteiger partial charge in [0, 0.05) is 18.4 Å². The van der Waals surface area contributed by atoms with Crippen LogP contribution in [-0.4, -0.2) is 16.0 Å². The molecule has 1 aromatic heterocycles. The average Bonchev–Trinajstić information content (AvgIpc) is 2.82. The second-order valence-electron chi connectivity index (χ2n) is 3.55. The van der Waals surface area contributed by atoms with Gasteiger partial charge in [0.05, 0.1) is 0 Å². The lowest BCUT2D eigenvalue weighted by Crippen LogP contribution is -2.09. The van der Waals surface area contributed by atoms with E-state index < -0.39 is 6.43 Å². The van der Waals surface area contributed by atoms with E-state index in [0.29, 0.717) is 5.92 Å². The predicted molar refractivity (Wildman–Crippen MR) is 48.2 cm³/mol. The van der Waals surface area contributed by atoms with Crippen LogP contribution in [0.2, 0.25) is 0 Å². The first-order valence-electron chi connectivity index (χ1n) is 4.54. The number of nitrogens with one attached hydrogen (secondary N) is 1. The molecular formula is C9H11F2N3. The zero-order valence-electron chi connectivity index (χ0n) is 7.74. The summed E-state index contributed by atoms with van der Waals surface area (Å²) >= 11 is 0. The Hall–Kier alpha value is -1.26. The van der Waals surface area contributed by atoms with Crippen molar-refractivity contribution in [2.24, 2.45) is 5.92 Å². The van der Waals surface area contributed by atoms with E-state index in [1.54, 1.807) is 0 Å². The highest BCUT2D eigenvalue weighted by Crippen LogP contribution is 2.34. The molecule has 1 aromatic rings. The predicted octanol–water partition coefficient (Wildman–Crippen LogP) is 2.23. The van der Waals surface area contributed by atoms with Crippen molar-refractivity contribution in [3.63, 3.8) is 0 Å². The number of hydrogen-bond donors (Lipinski definition) is 1. The summed E-state index contributed by atoms with van der Waals surface area (Å²) in [6.45, 7) is 2.07. The van der Waals surface area contributed by atoms with Gasteiger partial charge in [-0.2, -0.15) is 0 Å². The Morgan fingerprint density at radius 1 is 1.43 bits per heavy atom. The van der Waals surface area contributed by atoms with Gasteiger partial charge < -0.3 is 5.32 Å². The minimum absolute atomic E-state index is 0.219. The number of hydrogen-bond acceptors (Lipinski definition) is 3. The highest BCUT2D eigenvalue weighted by Gasteiger charge is 2.33. The topological polar surface area (TPSA) is 37.8 Å². The molecule has 0 bridgehead atoms. The molecule has 1 saturated carbocycles.